The van der Waals surface area contributed by atoms with Gasteiger partial charge in [-0.1, -0.05) is 0 Å². The molecule has 0 aliphatic rings. The van der Waals surface area contributed by atoms with Crippen molar-refractivity contribution >= 4 is 10.0 Å². The maximum atomic E-state index is 11.4. The van der Waals surface area contributed by atoms with Gasteiger partial charge >= 0.3 is 0 Å². The predicted molar refractivity (Wildman–Crippen MR) is 60.0 cm³/mol. The molecule has 0 aliphatic heterocycles. The van der Waals surface area contributed by atoms with Gasteiger partial charge in [0, 0.05) is 39.1 Å². The Bertz CT molecular complexity index is 370. The van der Waals surface area contributed by atoms with Crippen LogP contribution in [0, 0.1) is 0 Å². The van der Waals surface area contributed by atoms with Crippen LogP contribution >= 0.6 is 0 Å². The number of nitrogens with zero attached hydrogens (tertiary/aromatic N) is 1. The summed E-state index contributed by atoms with van der Waals surface area (Å²) < 4.78 is 24.0. The van der Waals surface area contributed by atoms with Crippen molar-refractivity contribution < 1.29 is 8.42 Å². The number of hydrogen-bond donors (Lipinski definition) is 2. The Hall–Kier alpha value is -0.850. The average molecular weight is 231 g/mol. The number of aromatic nitrogens is 1. The lowest BCUT2D eigenvalue weighted by atomic mass is 10.4. The molecule has 0 radical (unpaired) electrons. The second kappa shape index (κ2) is 5.29. The third-order valence-corrected chi connectivity index (χ3v) is 3.90. The minimum absolute atomic E-state index is 0.126. The van der Waals surface area contributed by atoms with E-state index in [9.17, 15) is 8.42 Å². The normalized spacial score (nSPS) is 12.2. The van der Waals surface area contributed by atoms with Crippen molar-refractivity contribution in [1.82, 2.24) is 14.6 Å². The highest BCUT2D eigenvalue weighted by Crippen LogP contribution is 1.94. The van der Waals surface area contributed by atoms with E-state index in [1.165, 1.54) is 4.31 Å². The van der Waals surface area contributed by atoms with Crippen LogP contribution in [0.15, 0.2) is 18.3 Å². The van der Waals surface area contributed by atoms with Crippen molar-refractivity contribution in [1.29, 1.82) is 0 Å². The van der Waals surface area contributed by atoms with Crippen LogP contribution in [0.3, 0.4) is 0 Å². The van der Waals surface area contributed by atoms with Gasteiger partial charge in [-0.05, 0) is 12.1 Å². The van der Waals surface area contributed by atoms with E-state index in [1.54, 1.807) is 14.1 Å². The summed E-state index contributed by atoms with van der Waals surface area (Å²) in [6.45, 7) is 1.12. The minimum atomic E-state index is -3.08. The molecular formula is C9H17N3O2S. The second-order valence-electron chi connectivity index (χ2n) is 3.47. The standard InChI is InChI=1S/C9H17N3O2S/c1-12(2)15(13,14)7-6-10-8-9-4-3-5-11-9/h3-5,10-11H,6-8H2,1-2H3. The first-order valence-electron chi connectivity index (χ1n) is 4.75. The summed E-state index contributed by atoms with van der Waals surface area (Å²) >= 11 is 0. The summed E-state index contributed by atoms with van der Waals surface area (Å²) in [6, 6.07) is 3.86. The first-order chi connectivity index (χ1) is 7.02. The quantitative estimate of drug-likeness (QED) is 0.677. The van der Waals surface area contributed by atoms with Crippen LogP contribution in [0.5, 0.6) is 0 Å². The molecule has 0 spiro atoms. The molecule has 6 heteroatoms. The monoisotopic (exact) mass is 231 g/mol. The Kier molecular flexibility index (Phi) is 4.31. The van der Waals surface area contributed by atoms with E-state index in [0.717, 1.165) is 5.69 Å². The summed E-state index contributed by atoms with van der Waals surface area (Å²) in [4.78, 5) is 3.04. The van der Waals surface area contributed by atoms with Gasteiger partial charge in [0.1, 0.15) is 0 Å². The highest BCUT2D eigenvalue weighted by Gasteiger charge is 2.12. The summed E-state index contributed by atoms with van der Waals surface area (Å²) in [6.07, 6.45) is 1.84. The molecule has 1 aromatic rings. The van der Waals surface area contributed by atoms with Crippen molar-refractivity contribution in [3.8, 4) is 0 Å². The molecule has 0 saturated carbocycles. The molecular weight excluding hydrogens is 214 g/mol. The maximum Gasteiger partial charge on any atom is 0.214 e. The van der Waals surface area contributed by atoms with Crippen LogP contribution in [-0.2, 0) is 16.6 Å². The number of rotatable bonds is 6. The third-order valence-electron chi connectivity index (χ3n) is 2.07. The fraction of sp³-hybridized carbons (Fsp3) is 0.556. The molecule has 15 heavy (non-hydrogen) atoms. The Labute approximate surface area is 90.5 Å². The largest absolute Gasteiger partial charge is 0.364 e. The zero-order valence-corrected chi connectivity index (χ0v) is 9.84. The number of H-pyrrole nitrogens is 1. The van der Waals surface area contributed by atoms with Gasteiger partial charge in [-0.15, -0.1) is 0 Å². The van der Waals surface area contributed by atoms with E-state index in [2.05, 4.69) is 10.3 Å². The number of sulfonamides is 1. The second-order valence-corrected chi connectivity index (χ2v) is 5.77. The summed E-state index contributed by atoms with van der Waals surface area (Å²) in [5.74, 6) is 0.126. The van der Waals surface area contributed by atoms with Gasteiger partial charge in [0.2, 0.25) is 10.0 Å². The van der Waals surface area contributed by atoms with E-state index in [4.69, 9.17) is 0 Å². The zero-order valence-electron chi connectivity index (χ0n) is 9.03. The topological polar surface area (TPSA) is 65.2 Å². The molecule has 2 N–H and O–H groups in total. The van der Waals surface area contributed by atoms with Crippen molar-refractivity contribution in [2.24, 2.45) is 0 Å². The molecule has 1 heterocycles. The SMILES string of the molecule is CN(C)S(=O)(=O)CCNCc1ccc[nH]1. The summed E-state index contributed by atoms with van der Waals surface area (Å²) in [5, 5.41) is 3.06. The van der Waals surface area contributed by atoms with Crippen LogP contribution in [-0.4, -0.2) is 44.1 Å². The Morgan fingerprint density at radius 1 is 1.47 bits per heavy atom. The van der Waals surface area contributed by atoms with Gasteiger partial charge in [0.05, 0.1) is 5.75 Å². The Morgan fingerprint density at radius 3 is 2.73 bits per heavy atom. The highest BCUT2D eigenvalue weighted by atomic mass is 32.2. The first kappa shape index (κ1) is 12.2. The fourth-order valence-corrected chi connectivity index (χ4v) is 1.85. The number of hydrogen-bond acceptors (Lipinski definition) is 3. The smallest absolute Gasteiger partial charge is 0.214 e. The lowest BCUT2D eigenvalue weighted by Crippen LogP contribution is -2.31. The molecule has 1 aromatic heterocycles. The lowest BCUT2D eigenvalue weighted by Gasteiger charge is -2.11. The van der Waals surface area contributed by atoms with E-state index in [-0.39, 0.29) is 5.75 Å². The highest BCUT2D eigenvalue weighted by molar-refractivity contribution is 7.89. The Morgan fingerprint density at radius 2 is 2.20 bits per heavy atom. The van der Waals surface area contributed by atoms with Crippen molar-refractivity contribution in [2.75, 3.05) is 26.4 Å². The molecule has 86 valence electrons. The molecule has 0 aliphatic carbocycles. The average Bonchev–Trinajstić information content (AvgIpc) is 2.64. The van der Waals surface area contributed by atoms with Crippen LogP contribution in [0.25, 0.3) is 0 Å². The Balaban J connectivity index is 2.23. The summed E-state index contributed by atoms with van der Waals surface area (Å²) in [7, 11) is 0.00532. The van der Waals surface area contributed by atoms with Gasteiger partial charge in [-0.2, -0.15) is 0 Å². The van der Waals surface area contributed by atoms with Crippen LogP contribution in [0.2, 0.25) is 0 Å². The fourth-order valence-electron chi connectivity index (χ4n) is 1.08. The molecule has 0 bridgehead atoms. The maximum absolute atomic E-state index is 11.4. The molecule has 0 amide bonds. The molecule has 5 nitrogen and oxygen atoms in total. The number of aromatic amines is 1. The van der Waals surface area contributed by atoms with E-state index in [0.29, 0.717) is 13.1 Å². The lowest BCUT2D eigenvalue weighted by molar-refractivity contribution is 0.517. The molecule has 0 unspecified atom stereocenters. The van der Waals surface area contributed by atoms with Crippen LogP contribution in [0.1, 0.15) is 5.69 Å². The minimum Gasteiger partial charge on any atom is -0.364 e. The molecule has 0 fully saturated rings. The molecule has 0 aromatic carbocycles. The zero-order chi connectivity index (χ0) is 11.3. The van der Waals surface area contributed by atoms with Crippen molar-refractivity contribution in [3.05, 3.63) is 24.0 Å². The van der Waals surface area contributed by atoms with Gasteiger partial charge < -0.3 is 10.3 Å². The molecule has 0 saturated heterocycles. The van der Waals surface area contributed by atoms with E-state index < -0.39 is 10.0 Å². The van der Waals surface area contributed by atoms with Gasteiger partial charge in [-0.25, -0.2) is 12.7 Å². The number of nitrogens with one attached hydrogen (secondary N) is 2. The van der Waals surface area contributed by atoms with Gasteiger partial charge in [0.25, 0.3) is 0 Å². The predicted octanol–water partition coefficient (Wildman–Crippen LogP) is -0.00430. The summed E-state index contributed by atoms with van der Waals surface area (Å²) in [5.41, 5.74) is 1.05. The van der Waals surface area contributed by atoms with E-state index >= 15 is 0 Å². The van der Waals surface area contributed by atoms with Crippen LogP contribution < -0.4 is 5.32 Å². The van der Waals surface area contributed by atoms with Gasteiger partial charge in [-0.3, -0.25) is 0 Å². The van der Waals surface area contributed by atoms with Crippen molar-refractivity contribution in [2.45, 2.75) is 6.54 Å². The van der Waals surface area contributed by atoms with Crippen LogP contribution in [0.4, 0.5) is 0 Å². The van der Waals surface area contributed by atoms with Gasteiger partial charge in [0.15, 0.2) is 0 Å². The molecule has 0 atom stereocenters. The first-order valence-corrected chi connectivity index (χ1v) is 6.36. The van der Waals surface area contributed by atoms with Crippen molar-refractivity contribution in [3.63, 3.8) is 0 Å². The third kappa shape index (κ3) is 4.03. The van der Waals surface area contributed by atoms with E-state index in [1.807, 2.05) is 18.3 Å². The molecule has 1 rings (SSSR count).